The molecule has 0 fully saturated rings. The van der Waals surface area contributed by atoms with E-state index in [1.54, 1.807) is 5.51 Å². The zero-order valence-corrected chi connectivity index (χ0v) is 5.04. The molecule has 2 heterocycles. The van der Waals surface area contributed by atoms with Gasteiger partial charge in [0.1, 0.15) is 5.51 Å². The fourth-order valence-electron chi connectivity index (χ4n) is 0.484. The van der Waals surface area contributed by atoms with E-state index in [1.807, 2.05) is 0 Å². The van der Waals surface area contributed by atoms with Gasteiger partial charge in [0.05, 0.1) is 0 Å². The topological polar surface area (TPSA) is 64.5 Å². The third-order valence-corrected chi connectivity index (χ3v) is 1.52. The van der Waals surface area contributed by atoms with E-state index >= 15 is 0 Å². The van der Waals surface area contributed by atoms with E-state index in [4.69, 9.17) is 0 Å². The summed E-state index contributed by atoms with van der Waals surface area (Å²) in [6.07, 6.45) is 0. The summed E-state index contributed by atoms with van der Waals surface area (Å²) in [6.45, 7) is 0. The number of hydrogen-bond acceptors (Lipinski definition) is 6. The van der Waals surface area contributed by atoms with Crippen LogP contribution in [-0.4, -0.2) is 25.6 Å². The molecule has 2 aliphatic rings. The molecular formula is C3HN5S. The van der Waals surface area contributed by atoms with Crippen molar-refractivity contribution in [3.05, 3.63) is 5.51 Å². The molecule has 0 aromatic heterocycles. The van der Waals surface area contributed by atoms with Gasteiger partial charge in [0.25, 0.3) is 0 Å². The maximum Gasteiger partial charge on any atom is 0.235 e. The summed E-state index contributed by atoms with van der Waals surface area (Å²) in [6, 6.07) is 0. The maximum absolute atomic E-state index is 3.67. The van der Waals surface area contributed by atoms with E-state index in [9.17, 15) is 0 Å². The zero-order valence-electron chi connectivity index (χ0n) is 4.22. The highest BCUT2D eigenvalue weighted by molar-refractivity contribution is 7.12. The molecule has 2 aliphatic heterocycles. The normalized spacial score (nSPS) is 10.2. The van der Waals surface area contributed by atoms with Crippen molar-refractivity contribution >= 4 is 11.3 Å². The van der Waals surface area contributed by atoms with Crippen LogP contribution in [0.25, 0.3) is 10.8 Å². The Labute approximate surface area is 54.1 Å². The molecule has 0 aliphatic carbocycles. The van der Waals surface area contributed by atoms with Crippen LogP contribution in [0.3, 0.4) is 0 Å². The molecule has 2 rings (SSSR count). The lowest BCUT2D eigenvalue weighted by molar-refractivity contribution is 0.934. The molecule has 0 bridgehead atoms. The minimum atomic E-state index is 0.516. The van der Waals surface area contributed by atoms with E-state index < -0.39 is 0 Å². The summed E-state index contributed by atoms with van der Waals surface area (Å²) in [5.41, 5.74) is 1.60. The van der Waals surface area contributed by atoms with Crippen molar-refractivity contribution < 1.29 is 0 Å². The van der Waals surface area contributed by atoms with Crippen molar-refractivity contribution in [3.63, 3.8) is 0 Å². The molecule has 0 radical (unpaired) electrons. The molecule has 9 heavy (non-hydrogen) atoms. The molecule has 0 saturated carbocycles. The summed E-state index contributed by atoms with van der Waals surface area (Å²) >= 11 is 1.37. The monoisotopic (exact) mass is 139 g/mol. The van der Waals surface area contributed by atoms with Crippen LogP contribution in [0.2, 0.25) is 0 Å². The highest BCUT2D eigenvalue weighted by Crippen LogP contribution is 2.13. The van der Waals surface area contributed by atoms with Crippen molar-refractivity contribution in [2.45, 2.75) is 0 Å². The summed E-state index contributed by atoms with van der Waals surface area (Å²) < 4.78 is 0. The van der Waals surface area contributed by atoms with Crippen LogP contribution in [0.1, 0.15) is 0 Å². The summed E-state index contributed by atoms with van der Waals surface area (Å²) in [5.74, 6) is 0.516. The quantitative estimate of drug-likeness (QED) is 0.507. The van der Waals surface area contributed by atoms with Gasteiger partial charge in [0.15, 0.2) is 5.01 Å². The lowest BCUT2D eigenvalue weighted by Gasteiger charge is -1.82. The van der Waals surface area contributed by atoms with Gasteiger partial charge in [-0.15, -0.1) is 20.4 Å². The fraction of sp³-hybridized carbons (Fsp3) is 0. The molecule has 6 heteroatoms. The van der Waals surface area contributed by atoms with Crippen LogP contribution in [0.5, 0.6) is 0 Å². The van der Waals surface area contributed by atoms with E-state index in [0.717, 1.165) is 5.01 Å². The average Bonchev–Trinajstić information content (AvgIpc) is 2.33. The number of aromatic nitrogens is 5. The first-order chi connectivity index (χ1) is 4.47. The molecule has 0 unspecified atom stereocenters. The van der Waals surface area contributed by atoms with Crippen molar-refractivity contribution in [1.29, 1.82) is 0 Å². The Kier molecular flexibility index (Phi) is 0.863. The predicted octanol–water partition coefficient (Wildman–Crippen LogP) is -0.172. The molecular weight excluding hydrogens is 138 g/mol. The third-order valence-electron chi connectivity index (χ3n) is 0.830. The van der Waals surface area contributed by atoms with Gasteiger partial charge >= 0.3 is 0 Å². The number of fused-ring (bicyclic) bond motifs is 1. The van der Waals surface area contributed by atoms with Gasteiger partial charge in [-0.25, -0.2) is 0 Å². The number of rotatable bonds is 0. The molecule has 5 nitrogen and oxygen atoms in total. The van der Waals surface area contributed by atoms with Gasteiger partial charge in [-0.05, 0) is 5.21 Å². The van der Waals surface area contributed by atoms with Crippen molar-refractivity contribution in [2.24, 2.45) is 0 Å². The Balaban J connectivity index is 2.79. The van der Waals surface area contributed by atoms with Crippen molar-refractivity contribution in [2.75, 3.05) is 0 Å². The Morgan fingerprint density at radius 2 is 2.22 bits per heavy atom. The Morgan fingerprint density at radius 3 is 3.11 bits per heavy atom. The van der Waals surface area contributed by atoms with Crippen LogP contribution in [0, 0.1) is 0 Å². The lowest BCUT2D eigenvalue weighted by atomic mass is 10.7. The van der Waals surface area contributed by atoms with Crippen molar-refractivity contribution in [3.8, 4) is 10.8 Å². The standard InChI is InChI=1S/C3HN5S/c1-4-5-2-3(9-1)7-8-6-2/h1H. The number of nitrogens with zero attached hydrogens (tertiary/aromatic N) is 5. The molecule has 0 atom stereocenters. The minimum absolute atomic E-state index is 0.516. The smallest absolute Gasteiger partial charge is 0.146 e. The zero-order chi connectivity index (χ0) is 6.10. The fourth-order valence-corrected chi connectivity index (χ4v) is 0.948. The van der Waals surface area contributed by atoms with Gasteiger partial charge in [0, 0.05) is 0 Å². The van der Waals surface area contributed by atoms with Crippen LogP contribution < -0.4 is 0 Å². The first kappa shape index (κ1) is 4.68. The molecule has 44 valence electrons. The molecule has 0 spiro atoms. The molecule has 0 amide bonds. The van der Waals surface area contributed by atoms with Crippen LogP contribution in [0.4, 0.5) is 0 Å². The van der Waals surface area contributed by atoms with Crippen molar-refractivity contribution in [1.82, 2.24) is 25.6 Å². The van der Waals surface area contributed by atoms with Crippen LogP contribution >= 0.6 is 11.3 Å². The Hall–Kier alpha value is -1.17. The second-order valence-electron chi connectivity index (χ2n) is 1.36. The third kappa shape index (κ3) is 0.636. The Bertz CT molecular complexity index is 252. The van der Waals surface area contributed by atoms with Gasteiger partial charge in [-0.3, -0.25) is 0 Å². The predicted molar refractivity (Wildman–Crippen MR) is 29.9 cm³/mol. The highest BCUT2D eigenvalue weighted by atomic mass is 32.1. The molecule has 0 saturated heterocycles. The number of hydrogen-bond donors (Lipinski definition) is 0. The van der Waals surface area contributed by atoms with Gasteiger partial charge in [-0.2, -0.15) is 0 Å². The van der Waals surface area contributed by atoms with Crippen LogP contribution in [-0.2, 0) is 0 Å². The second kappa shape index (κ2) is 1.66. The van der Waals surface area contributed by atoms with Gasteiger partial charge in [-0.1, -0.05) is 11.3 Å². The largest absolute Gasteiger partial charge is 0.235 e. The molecule has 0 aromatic carbocycles. The van der Waals surface area contributed by atoms with E-state index in [1.165, 1.54) is 11.3 Å². The summed E-state index contributed by atoms with van der Waals surface area (Å²) in [7, 11) is 0. The lowest BCUT2D eigenvalue weighted by Crippen LogP contribution is -1.82. The SMILES string of the molecule is c1nnc2nnnc-2s1. The van der Waals surface area contributed by atoms with E-state index in [0.29, 0.717) is 5.82 Å². The minimum Gasteiger partial charge on any atom is -0.146 e. The highest BCUT2D eigenvalue weighted by Gasteiger charge is 2.06. The van der Waals surface area contributed by atoms with E-state index in [2.05, 4.69) is 25.6 Å². The van der Waals surface area contributed by atoms with Gasteiger partial charge in [0.2, 0.25) is 5.82 Å². The molecule has 0 N–H and O–H groups in total. The maximum atomic E-state index is 3.67. The van der Waals surface area contributed by atoms with Crippen LogP contribution in [0.15, 0.2) is 5.51 Å². The van der Waals surface area contributed by atoms with Gasteiger partial charge < -0.3 is 0 Å². The second-order valence-corrected chi connectivity index (χ2v) is 2.19. The average molecular weight is 139 g/mol. The first-order valence-electron chi connectivity index (χ1n) is 2.22. The first-order valence-corrected chi connectivity index (χ1v) is 3.10. The summed E-state index contributed by atoms with van der Waals surface area (Å²) in [4.78, 5) is 0. The molecule has 0 aromatic rings. The summed E-state index contributed by atoms with van der Waals surface area (Å²) in [5, 5.41) is 18.7. The van der Waals surface area contributed by atoms with E-state index in [-0.39, 0.29) is 0 Å². The Morgan fingerprint density at radius 1 is 1.22 bits per heavy atom.